The zero-order valence-electron chi connectivity index (χ0n) is 17.2. The highest BCUT2D eigenvalue weighted by molar-refractivity contribution is 5.88. The molecule has 0 spiro atoms. The summed E-state index contributed by atoms with van der Waals surface area (Å²) < 4.78 is 5.42. The molecule has 148 valence electrons. The molecule has 0 aliphatic carbocycles. The topological polar surface area (TPSA) is 54.1 Å². The second-order valence-corrected chi connectivity index (χ2v) is 7.35. The van der Waals surface area contributed by atoms with E-state index in [-0.39, 0.29) is 17.9 Å². The number of ether oxygens (including phenoxy) is 1. The van der Waals surface area contributed by atoms with E-state index in [1.165, 1.54) is 10.9 Å². The summed E-state index contributed by atoms with van der Waals surface area (Å²) in [4.78, 5) is 16.2. The molecule has 0 saturated carbocycles. The number of aromatic nitrogens is 1. The van der Waals surface area contributed by atoms with Gasteiger partial charge in [-0.25, -0.2) is 0 Å². The van der Waals surface area contributed by atoms with Crippen molar-refractivity contribution in [1.82, 2.24) is 10.3 Å². The summed E-state index contributed by atoms with van der Waals surface area (Å²) in [6, 6.07) is 14.6. The minimum Gasteiger partial charge on any atom is -0.497 e. The molecule has 1 amide bonds. The van der Waals surface area contributed by atoms with Gasteiger partial charge in [-0.3, -0.25) is 4.79 Å². The van der Waals surface area contributed by atoms with Crippen LogP contribution in [0.5, 0.6) is 5.75 Å². The molecular formula is C24H30N2O2. The average Bonchev–Trinajstić information content (AvgIpc) is 3.15. The van der Waals surface area contributed by atoms with Crippen molar-refractivity contribution >= 4 is 16.8 Å². The third kappa shape index (κ3) is 4.22. The molecule has 0 fully saturated rings. The lowest BCUT2D eigenvalue weighted by Gasteiger charge is -2.19. The Bertz CT molecular complexity index is 945. The summed E-state index contributed by atoms with van der Waals surface area (Å²) >= 11 is 0. The number of H-pyrrole nitrogens is 1. The SMILES string of the molecule is CCc1cccc2c([C@H](CC(=O)N[C@H](C)CC)c3cccc(OC)c3)c[nH]c12. The number of carbonyl (C=O) groups excluding carboxylic acids is 1. The first-order valence-electron chi connectivity index (χ1n) is 10.1. The molecule has 2 N–H and O–H groups in total. The molecule has 1 heterocycles. The van der Waals surface area contributed by atoms with E-state index in [1.54, 1.807) is 7.11 Å². The molecule has 0 radical (unpaired) electrons. The number of rotatable bonds is 8. The lowest BCUT2D eigenvalue weighted by molar-refractivity contribution is -0.121. The number of carbonyl (C=O) groups is 1. The van der Waals surface area contributed by atoms with Gasteiger partial charge in [-0.2, -0.15) is 0 Å². The average molecular weight is 379 g/mol. The Morgan fingerprint density at radius 2 is 1.96 bits per heavy atom. The molecule has 4 nitrogen and oxygen atoms in total. The number of para-hydroxylation sites is 1. The summed E-state index contributed by atoms with van der Waals surface area (Å²) in [7, 11) is 1.67. The van der Waals surface area contributed by atoms with Crippen molar-refractivity contribution in [2.45, 2.75) is 52.0 Å². The second kappa shape index (κ2) is 8.96. The van der Waals surface area contributed by atoms with Crippen molar-refractivity contribution < 1.29 is 9.53 Å². The molecule has 28 heavy (non-hydrogen) atoms. The van der Waals surface area contributed by atoms with Crippen molar-refractivity contribution in [2.75, 3.05) is 7.11 Å². The number of aryl methyl sites for hydroxylation is 1. The Morgan fingerprint density at radius 3 is 2.68 bits per heavy atom. The van der Waals surface area contributed by atoms with Crippen LogP contribution in [0, 0.1) is 0 Å². The van der Waals surface area contributed by atoms with Gasteiger partial charge in [-0.15, -0.1) is 0 Å². The van der Waals surface area contributed by atoms with Gasteiger partial charge in [-0.1, -0.05) is 44.2 Å². The third-order valence-electron chi connectivity index (χ3n) is 5.50. The standard InChI is InChI=1S/C24H30N2O2/c1-5-16(3)26-23(27)14-21(18-10-7-11-19(13-18)28-4)22-15-25-24-17(6-2)9-8-12-20(22)24/h7-13,15-16,21,25H,5-6,14H2,1-4H3,(H,26,27)/t16-,21-/m1/s1. The molecule has 3 aromatic rings. The first-order valence-corrected chi connectivity index (χ1v) is 10.1. The Labute approximate surface area is 167 Å². The van der Waals surface area contributed by atoms with Crippen LogP contribution in [0.4, 0.5) is 0 Å². The van der Waals surface area contributed by atoms with Gasteiger partial charge >= 0.3 is 0 Å². The van der Waals surface area contributed by atoms with Crippen LogP contribution in [-0.2, 0) is 11.2 Å². The number of hydrogen-bond acceptors (Lipinski definition) is 2. The van der Waals surface area contributed by atoms with Crippen LogP contribution in [-0.4, -0.2) is 24.0 Å². The third-order valence-corrected chi connectivity index (χ3v) is 5.50. The van der Waals surface area contributed by atoms with E-state index in [0.29, 0.717) is 6.42 Å². The Hall–Kier alpha value is -2.75. The molecule has 0 aliphatic heterocycles. The zero-order chi connectivity index (χ0) is 20.1. The number of hydrogen-bond donors (Lipinski definition) is 2. The smallest absolute Gasteiger partial charge is 0.221 e. The van der Waals surface area contributed by atoms with Crippen LogP contribution in [0.25, 0.3) is 10.9 Å². The summed E-state index contributed by atoms with van der Waals surface area (Å²) in [5.41, 5.74) is 4.69. The Balaban J connectivity index is 2.04. The molecular weight excluding hydrogens is 348 g/mol. The molecule has 4 heteroatoms. The van der Waals surface area contributed by atoms with Gasteiger partial charge in [0.1, 0.15) is 5.75 Å². The summed E-state index contributed by atoms with van der Waals surface area (Å²) in [6.07, 6.45) is 4.35. The monoisotopic (exact) mass is 378 g/mol. The molecule has 3 rings (SSSR count). The lowest BCUT2D eigenvalue weighted by atomic mass is 9.87. The number of benzene rings is 2. The molecule has 0 unspecified atom stereocenters. The van der Waals surface area contributed by atoms with Crippen molar-refractivity contribution in [3.63, 3.8) is 0 Å². The van der Waals surface area contributed by atoms with Crippen molar-refractivity contribution in [2.24, 2.45) is 0 Å². The predicted octanol–water partition coefficient (Wildman–Crippen LogP) is 5.18. The quantitative estimate of drug-likeness (QED) is 0.568. The number of methoxy groups -OCH3 is 1. The van der Waals surface area contributed by atoms with E-state index in [2.05, 4.69) is 54.6 Å². The van der Waals surface area contributed by atoms with Crippen LogP contribution in [0.2, 0.25) is 0 Å². The van der Waals surface area contributed by atoms with Gasteiger partial charge in [0, 0.05) is 35.5 Å². The summed E-state index contributed by atoms with van der Waals surface area (Å²) in [5.74, 6) is 0.835. The minimum absolute atomic E-state index is 0.0417. The van der Waals surface area contributed by atoms with E-state index in [1.807, 2.05) is 25.1 Å². The van der Waals surface area contributed by atoms with E-state index >= 15 is 0 Å². The van der Waals surface area contributed by atoms with E-state index in [9.17, 15) is 4.79 Å². The maximum absolute atomic E-state index is 12.8. The van der Waals surface area contributed by atoms with Crippen molar-refractivity contribution in [3.05, 3.63) is 65.4 Å². The predicted molar refractivity (Wildman–Crippen MR) is 115 cm³/mol. The Morgan fingerprint density at radius 1 is 1.18 bits per heavy atom. The fraction of sp³-hybridized carbons (Fsp3) is 0.375. The highest BCUT2D eigenvalue weighted by Crippen LogP contribution is 2.35. The summed E-state index contributed by atoms with van der Waals surface area (Å²) in [6.45, 7) is 6.28. The number of fused-ring (bicyclic) bond motifs is 1. The highest BCUT2D eigenvalue weighted by Gasteiger charge is 2.23. The number of nitrogens with one attached hydrogen (secondary N) is 2. The van der Waals surface area contributed by atoms with E-state index in [4.69, 9.17) is 4.74 Å². The second-order valence-electron chi connectivity index (χ2n) is 7.35. The van der Waals surface area contributed by atoms with Crippen LogP contribution < -0.4 is 10.1 Å². The highest BCUT2D eigenvalue weighted by atomic mass is 16.5. The van der Waals surface area contributed by atoms with Gasteiger partial charge < -0.3 is 15.0 Å². The van der Waals surface area contributed by atoms with Crippen LogP contribution in [0.15, 0.2) is 48.7 Å². The minimum atomic E-state index is -0.0417. The summed E-state index contributed by atoms with van der Waals surface area (Å²) in [5, 5.41) is 4.29. The van der Waals surface area contributed by atoms with Crippen molar-refractivity contribution in [3.8, 4) is 5.75 Å². The molecule has 2 atom stereocenters. The Kier molecular flexibility index (Phi) is 6.40. The normalized spacial score (nSPS) is 13.3. The van der Waals surface area contributed by atoms with Gasteiger partial charge in [0.2, 0.25) is 5.91 Å². The van der Waals surface area contributed by atoms with E-state index in [0.717, 1.165) is 35.2 Å². The van der Waals surface area contributed by atoms with Gasteiger partial charge in [-0.05, 0) is 48.6 Å². The van der Waals surface area contributed by atoms with Gasteiger partial charge in [0.25, 0.3) is 0 Å². The van der Waals surface area contributed by atoms with Gasteiger partial charge in [0.05, 0.1) is 7.11 Å². The van der Waals surface area contributed by atoms with Crippen LogP contribution in [0.1, 0.15) is 56.2 Å². The maximum atomic E-state index is 12.8. The van der Waals surface area contributed by atoms with Crippen LogP contribution in [0.3, 0.4) is 0 Å². The molecule has 0 bridgehead atoms. The zero-order valence-corrected chi connectivity index (χ0v) is 17.2. The largest absolute Gasteiger partial charge is 0.497 e. The number of amides is 1. The van der Waals surface area contributed by atoms with Crippen molar-refractivity contribution in [1.29, 1.82) is 0 Å². The fourth-order valence-corrected chi connectivity index (χ4v) is 3.71. The van der Waals surface area contributed by atoms with Crippen LogP contribution >= 0.6 is 0 Å². The molecule has 0 aliphatic rings. The molecule has 2 aromatic carbocycles. The molecule has 1 aromatic heterocycles. The first kappa shape index (κ1) is 20.0. The van der Waals surface area contributed by atoms with Gasteiger partial charge in [0.15, 0.2) is 0 Å². The van der Waals surface area contributed by atoms with E-state index < -0.39 is 0 Å². The maximum Gasteiger partial charge on any atom is 0.221 e. The first-order chi connectivity index (χ1) is 13.6. The number of aromatic amines is 1. The molecule has 0 saturated heterocycles. The fourth-order valence-electron chi connectivity index (χ4n) is 3.71. The lowest BCUT2D eigenvalue weighted by Crippen LogP contribution is -2.33.